The molecule has 2 rings (SSSR count). The van der Waals surface area contributed by atoms with E-state index in [2.05, 4.69) is 13.8 Å². The van der Waals surface area contributed by atoms with Crippen LogP contribution in [0, 0.1) is 12.3 Å². The van der Waals surface area contributed by atoms with Gasteiger partial charge in [0.05, 0.1) is 6.10 Å². The van der Waals surface area contributed by atoms with E-state index in [1.165, 1.54) is 0 Å². The smallest absolute Gasteiger partial charge is 0.109 e. The third kappa shape index (κ3) is 1.29. The van der Waals surface area contributed by atoms with Gasteiger partial charge in [-0.05, 0) is 24.8 Å². The SMILES string of the molecule is Cc1cc2c(o1)CCC(C)(C)C2O. The van der Waals surface area contributed by atoms with Gasteiger partial charge in [0, 0.05) is 12.0 Å². The molecule has 1 aliphatic carbocycles. The second kappa shape index (κ2) is 2.61. The Labute approximate surface area is 78.6 Å². The highest BCUT2D eigenvalue weighted by atomic mass is 16.3. The zero-order valence-corrected chi connectivity index (χ0v) is 8.42. The molecule has 0 bridgehead atoms. The number of aryl methyl sites for hydroxylation is 2. The zero-order valence-electron chi connectivity index (χ0n) is 8.42. The molecule has 13 heavy (non-hydrogen) atoms. The summed E-state index contributed by atoms with van der Waals surface area (Å²) in [7, 11) is 0. The Hall–Kier alpha value is -0.760. The fourth-order valence-corrected chi connectivity index (χ4v) is 2.00. The quantitative estimate of drug-likeness (QED) is 0.665. The molecule has 2 nitrogen and oxygen atoms in total. The van der Waals surface area contributed by atoms with Crippen LogP contribution < -0.4 is 0 Å². The highest BCUT2D eigenvalue weighted by Gasteiger charge is 2.36. The first-order chi connectivity index (χ1) is 6.00. The molecule has 0 aliphatic heterocycles. The molecule has 1 aromatic heterocycles. The van der Waals surface area contributed by atoms with E-state index in [0.717, 1.165) is 29.9 Å². The summed E-state index contributed by atoms with van der Waals surface area (Å²) in [5.41, 5.74) is 0.984. The van der Waals surface area contributed by atoms with Crippen molar-refractivity contribution >= 4 is 0 Å². The van der Waals surface area contributed by atoms with Crippen LogP contribution in [0.25, 0.3) is 0 Å². The molecule has 0 spiro atoms. The van der Waals surface area contributed by atoms with Crippen molar-refractivity contribution in [1.29, 1.82) is 0 Å². The molecular formula is C11H16O2. The Kier molecular flexibility index (Phi) is 1.77. The third-order valence-electron chi connectivity index (χ3n) is 3.00. The van der Waals surface area contributed by atoms with Gasteiger partial charge in [-0.15, -0.1) is 0 Å². The van der Waals surface area contributed by atoms with Crippen LogP contribution in [0.3, 0.4) is 0 Å². The van der Waals surface area contributed by atoms with Gasteiger partial charge in [0.25, 0.3) is 0 Å². The highest BCUT2D eigenvalue weighted by molar-refractivity contribution is 5.28. The van der Waals surface area contributed by atoms with Crippen LogP contribution >= 0.6 is 0 Å². The summed E-state index contributed by atoms with van der Waals surface area (Å²) in [5.74, 6) is 1.88. The lowest BCUT2D eigenvalue weighted by Crippen LogP contribution is -2.27. The second-order valence-corrected chi connectivity index (χ2v) is 4.63. The molecule has 72 valence electrons. The van der Waals surface area contributed by atoms with E-state index >= 15 is 0 Å². The summed E-state index contributed by atoms with van der Waals surface area (Å²) < 4.78 is 5.51. The van der Waals surface area contributed by atoms with Crippen molar-refractivity contribution in [1.82, 2.24) is 0 Å². The number of hydrogen-bond donors (Lipinski definition) is 1. The van der Waals surface area contributed by atoms with Gasteiger partial charge >= 0.3 is 0 Å². The monoisotopic (exact) mass is 180 g/mol. The van der Waals surface area contributed by atoms with E-state index in [1.54, 1.807) is 0 Å². The van der Waals surface area contributed by atoms with Gasteiger partial charge in [0.2, 0.25) is 0 Å². The largest absolute Gasteiger partial charge is 0.466 e. The molecule has 0 saturated heterocycles. The van der Waals surface area contributed by atoms with Crippen molar-refractivity contribution in [3.8, 4) is 0 Å². The fraction of sp³-hybridized carbons (Fsp3) is 0.636. The van der Waals surface area contributed by atoms with Gasteiger partial charge in [-0.25, -0.2) is 0 Å². The van der Waals surface area contributed by atoms with Crippen molar-refractivity contribution in [3.05, 3.63) is 23.2 Å². The molecule has 0 radical (unpaired) electrons. The number of hydrogen-bond acceptors (Lipinski definition) is 2. The van der Waals surface area contributed by atoms with Gasteiger partial charge in [0.1, 0.15) is 11.5 Å². The molecule has 1 atom stereocenters. The van der Waals surface area contributed by atoms with Crippen LogP contribution in [0.15, 0.2) is 10.5 Å². The number of furan rings is 1. The van der Waals surface area contributed by atoms with Gasteiger partial charge in [0.15, 0.2) is 0 Å². The fourth-order valence-electron chi connectivity index (χ4n) is 2.00. The standard InChI is InChI=1S/C11H16O2/c1-7-6-8-9(13-7)4-5-11(2,3)10(8)12/h6,10,12H,4-5H2,1-3H3. The van der Waals surface area contributed by atoms with Gasteiger partial charge in [-0.2, -0.15) is 0 Å². The Bertz CT molecular complexity index is 323. The Balaban J connectivity index is 2.44. The molecule has 0 saturated carbocycles. The van der Waals surface area contributed by atoms with Crippen molar-refractivity contribution in [2.24, 2.45) is 5.41 Å². The molecule has 1 heterocycles. The maximum atomic E-state index is 10.0. The maximum Gasteiger partial charge on any atom is 0.109 e. The first-order valence-electron chi connectivity index (χ1n) is 4.78. The summed E-state index contributed by atoms with van der Waals surface area (Å²) in [6.45, 7) is 6.13. The topological polar surface area (TPSA) is 33.4 Å². The number of rotatable bonds is 0. The maximum absolute atomic E-state index is 10.0. The zero-order chi connectivity index (χ0) is 9.64. The van der Waals surface area contributed by atoms with Crippen molar-refractivity contribution in [2.45, 2.75) is 39.7 Å². The van der Waals surface area contributed by atoms with Gasteiger partial charge < -0.3 is 9.52 Å². The van der Waals surface area contributed by atoms with Crippen LogP contribution in [-0.4, -0.2) is 5.11 Å². The van der Waals surface area contributed by atoms with Crippen LogP contribution in [0.5, 0.6) is 0 Å². The van der Waals surface area contributed by atoms with Crippen molar-refractivity contribution < 1.29 is 9.52 Å². The summed E-state index contributed by atoms with van der Waals surface area (Å²) in [4.78, 5) is 0. The first kappa shape index (κ1) is 8.82. The van der Waals surface area contributed by atoms with E-state index in [0.29, 0.717) is 0 Å². The predicted octanol–water partition coefficient (Wildman–Crippen LogP) is 2.59. The second-order valence-electron chi connectivity index (χ2n) is 4.63. The van der Waals surface area contributed by atoms with Crippen LogP contribution in [0.1, 0.15) is 43.5 Å². The highest BCUT2D eigenvalue weighted by Crippen LogP contribution is 2.44. The molecular weight excluding hydrogens is 164 g/mol. The predicted molar refractivity (Wildman–Crippen MR) is 50.5 cm³/mol. The average molecular weight is 180 g/mol. The number of aliphatic hydroxyl groups excluding tert-OH is 1. The Morgan fingerprint density at radius 3 is 2.92 bits per heavy atom. The number of aliphatic hydroxyl groups is 1. The lowest BCUT2D eigenvalue weighted by atomic mass is 9.74. The molecule has 1 N–H and O–H groups in total. The minimum atomic E-state index is -0.367. The molecule has 2 heteroatoms. The van der Waals surface area contributed by atoms with Crippen molar-refractivity contribution in [3.63, 3.8) is 0 Å². The lowest BCUT2D eigenvalue weighted by molar-refractivity contribution is 0.0308. The van der Waals surface area contributed by atoms with Gasteiger partial charge in [-0.3, -0.25) is 0 Å². The van der Waals surface area contributed by atoms with Crippen molar-refractivity contribution in [2.75, 3.05) is 0 Å². The van der Waals surface area contributed by atoms with Crippen LogP contribution in [-0.2, 0) is 6.42 Å². The minimum absolute atomic E-state index is 0.0106. The first-order valence-corrected chi connectivity index (χ1v) is 4.78. The summed E-state index contributed by atoms with van der Waals surface area (Å²) in [6, 6.07) is 1.96. The van der Waals surface area contributed by atoms with E-state index in [1.807, 2.05) is 13.0 Å². The van der Waals surface area contributed by atoms with Crippen LogP contribution in [0.4, 0.5) is 0 Å². The molecule has 1 aliphatic rings. The van der Waals surface area contributed by atoms with E-state index in [9.17, 15) is 5.11 Å². The molecule has 0 amide bonds. The van der Waals surface area contributed by atoms with E-state index in [4.69, 9.17) is 4.42 Å². The summed E-state index contributed by atoms with van der Waals surface area (Å²) in [5, 5.41) is 10.0. The molecule has 0 aromatic carbocycles. The molecule has 0 fully saturated rings. The Morgan fingerprint density at radius 1 is 1.54 bits per heavy atom. The normalized spacial score (nSPS) is 25.7. The Morgan fingerprint density at radius 2 is 2.23 bits per heavy atom. The number of fused-ring (bicyclic) bond motifs is 1. The van der Waals surface area contributed by atoms with Gasteiger partial charge in [-0.1, -0.05) is 13.8 Å². The summed E-state index contributed by atoms with van der Waals surface area (Å²) in [6.07, 6.45) is 1.58. The third-order valence-corrected chi connectivity index (χ3v) is 3.00. The van der Waals surface area contributed by atoms with E-state index < -0.39 is 0 Å². The van der Waals surface area contributed by atoms with E-state index in [-0.39, 0.29) is 11.5 Å². The lowest BCUT2D eigenvalue weighted by Gasteiger charge is -2.34. The molecule has 1 unspecified atom stereocenters. The minimum Gasteiger partial charge on any atom is -0.466 e. The average Bonchev–Trinajstić information content (AvgIpc) is 2.40. The summed E-state index contributed by atoms with van der Waals surface area (Å²) >= 11 is 0. The molecule has 1 aromatic rings. The van der Waals surface area contributed by atoms with Crippen LogP contribution in [0.2, 0.25) is 0 Å².